The van der Waals surface area contributed by atoms with Crippen molar-refractivity contribution in [1.82, 2.24) is 9.62 Å². The smallest absolute Gasteiger partial charge is 0.301 e. The standard InChI is InChI=1S/C14H23N3O3S/c1-12(2)11-20-14-6-4-3-5-13(14)16-21(18,19)17-9-7-15-8-10-17/h3-6,12,15-16H,7-11H2,1-2H3. The van der Waals surface area contributed by atoms with Crippen molar-refractivity contribution in [3.63, 3.8) is 0 Å². The lowest BCUT2D eigenvalue weighted by Crippen LogP contribution is -2.48. The molecule has 1 aliphatic rings. The lowest BCUT2D eigenvalue weighted by atomic mass is 10.2. The number of benzene rings is 1. The number of ether oxygens (including phenoxy) is 1. The van der Waals surface area contributed by atoms with Crippen molar-refractivity contribution in [2.45, 2.75) is 13.8 Å². The molecule has 1 saturated heterocycles. The molecule has 1 fully saturated rings. The number of anilines is 1. The minimum Gasteiger partial charge on any atom is -0.491 e. The van der Waals surface area contributed by atoms with Crippen LogP contribution in [-0.2, 0) is 10.2 Å². The van der Waals surface area contributed by atoms with Gasteiger partial charge in [-0.1, -0.05) is 26.0 Å². The van der Waals surface area contributed by atoms with Gasteiger partial charge in [-0.25, -0.2) is 0 Å². The van der Waals surface area contributed by atoms with Crippen molar-refractivity contribution in [2.75, 3.05) is 37.5 Å². The van der Waals surface area contributed by atoms with E-state index in [1.807, 2.05) is 19.9 Å². The molecule has 0 bridgehead atoms. The van der Waals surface area contributed by atoms with Crippen LogP contribution in [-0.4, -0.2) is 45.5 Å². The summed E-state index contributed by atoms with van der Waals surface area (Å²) in [6.45, 7) is 6.95. The van der Waals surface area contributed by atoms with Crippen LogP contribution in [0, 0.1) is 5.92 Å². The SMILES string of the molecule is CC(C)COc1ccccc1NS(=O)(=O)N1CCNCC1. The molecule has 2 N–H and O–H groups in total. The van der Waals surface area contributed by atoms with E-state index < -0.39 is 10.2 Å². The third-order valence-corrected chi connectivity index (χ3v) is 4.64. The Bertz CT molecular complexity index is 554. The zero-order valence-corrected chi connectivity index (χ0v) is 13.3. The maximum absolute atomic E-state index is 12.4. The Labute approximate surface area is 126 Å². The van der Waals surface area contributed by atoms with Gasteiger partial charge in [-0.3, -0.25) is 4.72 Å². The Morgan fingerprint density at radius 2 is 1.95 bits per heavy atom. The molecule has 1 heterocycles. The molecule has 1 aromatic rings. The first-order chi connectivity index (χ1) is 9.99. The molecule has 1 aliphatic heterocycles. The zero-order valence-electron chi connectivity index (χ0n) is 12.5. The Morgan fingerprint density at radius 3 is 2.62 bits per heavy atom. The molecule has 21 heavy (non-hydrogen) atoms. The van der Waals surface area contributed by atoms with Gasteiger partial charge in [-0.05, 0) is 18.1 Å². The number of hydrogen-bond acceptors (Lipinski definition) is 4. The summed E-state index contributed by atoms with van der Waals surface area (Å²) in [5.74, 6) is 0.938. The summed E-state index contributed by atoms with van der Waals surface area (Å²) < 4.78 is 34.5. The second-order valence-electron chi connectivity index (χ2n) is 5.46. The highest BCUT2D eigenvalue weighted by Gasteiger charge is 2.24. The molecule has 0 saturated carbocycles. The molecule has 1 aromatic carbocycles. The van der Waals surface area contributed by atoms with Crippen LogP contribution in [0.2, 0.25) is 0 Å². The molecule has 0 aromatic heterocycles. The van der Waals surface area contributed by atoms with E-state index >= 15 is 0 Å². The largest absolute Gasteiger partial charge is 0.491 e. The van der Waals surface area contributed by atoms with Gasteiger partial charge in [0.15, 0.2) is 0 Å². The first-order valence-corrected chi connectivity index (χ1v) is 8.63. The Balaban J connectivity index is 2.10. The van der Waals surface area contributed by atoms with Crippen LogP contribution in [0.1, 0.15) is 13.8 Å². The fourth-order valence-corrected chi connectivity index (χ4v) is 3.26. The fraction of sp³-hybridized carbons (Fsp3) is 0.571. The number of para-hydroxylation sites is 2. The summed E-state index contributed by atoms with van der Waals surface area (Å²) in [6, 6.07) is 7.11. The molecular weight excluding hydrogens is 290 g/mol. The second kappa shape index (κ2) is 7.11. The van der Waals surface area contributed by atoms with Gasteiger partial charge in [-0.15, -0.1) is 0 Å². The second-order valence-corrected chi connectivity index (χ2v) is 7.13. The van der Waals surface area contributed by atoms with Crippen LogP contribution in [0.5, 0.6) is 5.75 Å². The van der Waals surface area contributed by atoms with E-state index in [0.29, 0.717) is 50.1 Å². The number of hydrogen-bond donors (Lipinski definition) is 2. The van der Waals surface area contributed by atoms with Crippen LogP contribution in [0.25, 0.3) is 0 Å². The lowest BCUT2D eigenvalue weighted by molar-refractivity contribution is 0.272. The van der Waals surface area contributed by atoms with Gasteiger partial charge < -0.3 is 10.1 Å². The van der Waals surface area contributed by atoms with Gasteiger partial charge in [0, 0.05) is 26.2 Å². The van der Waals surface area contributed by atoms with E-state index in [2.05, 4.69) is 10.0 Å². The summed E-state index contributed by atoms with van der Waals surface area (Å²) in [7, 11) is -3.53. The average molecular weight is 313 g/mol. The van der Waals surface area contributed by atoms with Gasteiger partial charge in [0.2, 0.25) is 0 Å². The summed E-state index contributed by atoms with van der Waals surface area (Å²) in [6.07, 6.45) is 0. The number of nitrogens with one attached hydrogen (secondary N) is 2. The number of rotatable bonds is 6. The lowest BCUT2D eigenvalue weighted by Gasteiger charge is -2.27. The van der Waals surface area contributed by atoms with Crippen LogP contribution in [0.3, 0.4) is 0 Å². The molecule has 0 unspecified atom stereocenters. The van der Waals surface area contributed by atoms with E-state index in [4.69, 9.17) is 4.74 Å². The molecule has 0 atom stereocenters. The van der Waals surface area contributed by atoms with Crippen LogP contribution >= 0.6 is 0 Å². The molecule has 118 valence electrons. The molecule has 0 aliphatic carbocycles. The molecule has 6 nitrogen and oxygen atoms in total. The van der Waals surface area contributed by atoms with E-state index in [1.165, 1.54) is 4.31 Å². The maximum Gasteiger partial charge on any atom is 0.301 e. The molecule has 0 radical (unpaired) electrons. The maximum atomic E-state index is 12.4. The van der Waals surface area contributed by atoms with Crippen LogP contribution < -0.4 is 14.8 Å². The summed E-state index contributed by atoms with van der Waals surface area (Å²) in [5, 5.41) is 3.14. The van der Waals surface area contributed by atoms with Gasteiger partial charge in [0.1, 0.15) is 5.75 Å². The third-order valence-electron chi connectivity index (χ3n) is 3.11. The van der Waals surface area contributed by atoms with Crippen molar-refractivity contribution in [2.24, 2.45) is 5.92 Å². The fourth-order valence-electron chi connectivity index (χ4n) is 2.02. The van der Waals surface area contributed by atoms with Crippen molar-refractivity contribution in [3.05, 3.63) is 24.3 Å². The van der Waals surface area contributed by atoms with Crippen molar-refractivity contribution < 1.29 is 13.2 Å². The number of piperazine rings is 1. The normalized spacial score (nSPS) is 16.9. The topological polar surface area (TPSA) is 70.7 Å². The predicted octanol–water partition coefficient (Wildman–Crippen LogP) is 1.28. The van der Waals surface area contributed by atoms with E-state index in [1.54, 1.807) is 18.2 Å². The third kappa shape index (κ3) is 4.59. The van der Waals surface area contributed by atoms with Crippen molar-refractivity contribution in [3.8, 4) is 5.75 Å². The monoisotopic (exact) mass is 313 g/mol. The first-order valence-electron chi connectivity index (χ1n) is 7.19. The van der Waals surface area contributed by atoms with E-state index in [0.717, 1.165) is 0 Å². The minimum absolute atomic E-state index is 0.378. The Hall–Kier alpha value is -1.31. The highest BCUT2D eigenvalue weighted by Crippen LogP contribution is 2.26. The number of nitrogens with zero attached hydrogens (tertiary/aromatic N) is 1. The highest BCUT2D eigenvalue weighted by molar-refractivity contribution is 7.90. The summed E-state index contributed by atoms with van der Waals surface area (Å²) in [5.41, 5.74) is 0.483. The first kappa shape index (κ1) is 16.1. The Morgan fingerprint density at radius 1 is 1.29 bits per heavy atom. The quantitative estimate of drug-likeness (QED) is 0.830. The summed E-state index contributed by atoms with van der Waals surface area (Å²) in [4.78, 5) is 0. The van der Waals surface area contributed by atoms with Gasteiger partial charge in [0.05, 0.1) is 12.3 Å². The van der Waals surface area contributed by atoms with Crippen LogP contribution in [0.15, 0.2) is 24.3 Å². The van der Waals surface area contributed by atoms with E-state index in [9.17, 15) is 8.42 Å². The Kier molecular flexibility index (Phi) is 5.44. The van der Waals surface area contributed by atoms with Crippen molar-refractivity contribution >= 4 is 15.9 Å². The molecule has 7 heteroatoms. The average Bonchev–Trinajstić information content (AvgIpc) is 2.47. The zero-order chi connectivity index (χ0) is 15.3. The van der Waals surface area contributed by atoms with Crippen LogP contribution in [0.4, 0.5) is 5.69 Å². The van der Waals surface area contributed by atoms with Gasteiger partial charge in [-0.2, -0.15) is 12.7 Å². The minimum atomic E-state index is -3.53. The highest BCUT2D eigenvalue weighted by atomic mass is 32.2. The molecular formula is C14H23N3O3S. The van der Waals surface area contributed by atoms with Gasteiger partial charge >= 0.3 is 10.2 Å². The van der Waals surface area contributed by atoms with Gasteiger partial charge in [0.25, 0.3) is 0 Å². The van der Waals surface area contributed by atoms with E-state index in [-0.39, 0.29) is 0 Å². The summed E-state index contributed by atoms with van der Waals surface area (Å²) >= 11 is 0. The predicted molar refractivity (Wildman–Crippen MR) is 83.8 cm³/mol. The molecule has 2 rings (SSSR count). The van der Waals surface area contributed by atoms with Crippen molar-refractivity contribution in [1.29, 1.82) is 0 Å². The molecule has 0 spiro atoms. The molecule has 0 amide bonds.